The van der Waals surface area contributed by atoms with Gasteiger partial charge in [0.1, 0.15) is 0 Å². The van der Waals surface area contributed by atoms with Crippen molar-refractivity contribution in [3.05, 3.63) is 35.4 Å². The van der Waals surface area contributed by atoms with Crippen molar-refractivity contribution in [3.63, 3.8) is 0 Å². The van der Waals surface area contributed by atoms with Gasteiger partial charge in [0.25, 0.3) is 0 Å². The smallest absolute Gasteiger partial charge is 0.0894 e. The molecule has 0 fully saturated rings. The molecule has 2 heteroatoms. The first kappa shape index (κ1) is 10.6. The van der Waals surface area contributed by atoms with Crippen molar-refractivity contribution >= 4 is 0 Å². The average molecular weight is 208 g/mol. The second-order valence-corrected chi connectivity index (χ2v) is 4.27. The van der Waals surface area contributed by atoms with Crippen LogP contribution in [0.3, 0.4) is 0 Å². The highest BCUT2D eigenvalue weighted by Gasteiger charge is 2.26. The van der Waals surface area contributed by atoms with Crippen molar-refractivity contribution in [2.45, 2.75) is 31.8 Å². The standard InChI is InChI=1S/C13H17FO/c14-9-3-5-11-8-7-10-4-1-2-6-12(10)13(11)15/h1-2,4,6,11,13,15H,3,5,7-9H2. The molecule has 0 saturated carbocycles. The fourth-order valence-corrected chi connectivity index (χ4v) is 2.44. The Balaban J connectivity index is 2.11. The Kier molecular flexibility index (Phi) is 3.37. The van der Waals surface area contributed by atoms with E-state index in [1.165, 1.54) is 5.56 Å². The first-order chi connectivity index (χ1) is 7.33. The fourth-order valence-electron chi connectivity index (χ4n) is 2.44. The summed E-state index contributed by atoms with van der Waals surface area (Å²) in [6.45, 7) is -0.273. The molecule has 0 aromatic heterocycles. The molecule has 0 amide bonds. The SMILES string of the molecule is OC1c2ccccc2CCC1CCCF. The summed E-state index contributed by atoms with van der Waals surface area (Å²) in [5.41, 5.74) is 2.30. The zero-order valence-corrected chi connectivity index (χ0v) is 8.82. The summed E-state index contributed by atoms with van der Waals surface area (Å²) in [5.74, 6) is 0.246. The summed E-state index contributed by atoms with van der Waals surface area (Å²) >= 11 is 0. The van der Waals surface area contributed by atoms with Crippen LogP contribution in [0.25, 0.3) is 0 Å². The third-order valence-corrected chi connectivity index (χ3v) is 3.31. The van der Waals surface area contributed by atoms with E-state index < -0.39 is 0 Å². The molecular weight excluding hydrogens is 191 g/mol. The maximum atomic E-state index is 12.1. The van der Waals surface area contributed by atoms with E-state index in [0.717, 1.165) is 24.8 Å². The van der Waals surface area contributed by atoms with Crippen LogP contribution in [0.2, 0.25) is 0 Å². The van der Waals surface area contributed by atoms with Crippen molar-refractivity contribution in [1.82, 2.24) is 0 Å². The molecule has 0 saturated heterocycles. The molecule has 82 valence electrons. The fraction of sp³-hybridized carbons (Fsp3) is 0.538. The Morgan fingerprint density at radius 3 is 2.93 bits per heavy atom. The highest BCUT2D eigenvalue weighted by atomic mass is 19.1. The third-order valence-electron chi connectivity index (χ3n) is 3.31. The second kappa shape index (κ2) is 4.75. The zero-order valence-electron chi connectivity index (χ0n) is 8.82. The molecule has 2 atom stereocenters. The molecule has 0 bridgehead atoms. The van der Waals surface area contributed by atoms with Crippen molar-refractivity contribution in [2.75, 3.05) is 6.67 Å². The number of aryl methyl sites for hydroxylation is 1. The first-order valence-corrected chi connectivity index (χ1v) is 5.64. The van der Waals surface area contributed by atoms with Gasteiger partial charge in [0.15, 0.2) is 0 Å². The van der Waals surface area contributed by atoms with E-state index in [-0.39, 0.29) is 18.7 Å². The highest BCUT2D eigenvalue weighted by molar-refractivity contribution is 5.31. The quantitative estimate of drug-likeness (QED) is 0.809. The number of rotatable bonds is 3. The van der Waals surface area contributed by atoms with Gasteiger partial charge >= 0.3 is 0 Å². The van der Waals surface area contributed by atoms with E-state index in [0.29, 0.717) is 6.42 Å². The molecule has 1 aromatic carbocycles. The Morgan fingerprint density at radius 1 is 1.33 bits per heavy atom. The number of hydrogen-bond acceptors (Lipinski definition) is 1. The van der Waals surface area contributed by atoms with Crippen LogP contribution in [0.15, 0.2) is 24.3 Å². The van der Waals surface area contributed by atoms with Gasteiger partial charge in [-0.3, -0.25) is 4.39 Å². The van der Waals surface area contributed by atoms with Gasteiger partial charge in [-0.25, -0.2) is 0 Å². The number of aliphatic hydroxyl groups is 1. The molecule has 2 unspecified atom stereocenters. The largest absolute Gasteiger partial charge is 0.388 e. The average Bonchev–Trinajstić information content (AvgIpc) is 2.29. The third kappa shape index (κ3) is 2.20. The van der Waals surface area contributed by atoms with Gasteiger partial charge in [0, 0.05) is 0 Å². The molecule has 0 heterocycles. The van der Waals surface area contributed by atoms with E-state index in [1.54, 1.807) is 0 Å². The van der Waals surface area contributed by atoms with Crippen molar-refractivity contribution in [1.29, 1.82) is 0 Å². The van der Waals surface area contributed by atoms with Crippen LogP contribution in [-0.2, 0) is 6.42 Å². The van der Waals surface area contributed by atoms with E-state index in [4.69, 9.17) is 0 Å². The number of fused-ring (bicyclic) bond motifs is 1. The molecule has 2 rings (SSSR count). The molecular formula is C13H17FO. The topological polar surface area (TPSA) is 20.2 Å². The van der Waals surface area contributed by atoms with Crippen LogP contribution in [0.5, 0.6) is 0 Å². The van der Waals surface area contributed by atoms with E-state index >= 15 is 0 Å². The van der Waals surface area contributed by atoms with Crippen LogP contribution in [0.1, 0.15) is 36.5 Å². The Morgan fingerprint density at radius 2 is 2.13 bits per heavy atom. The summed E-state index contributed by atoms with van der Waals surface area (Å²) in [6, 6.07) is 8.03. The number of hydrogen-bond donors (Lipinski definition) is 1. The molecule has 1 nitrogen and oxygen atoms in total. The summed E-state index contributed by atoms with van der Waals surface area (Å²) in [5, 5.41) is 10.1. The van der Waals surface area contributed by atoms with Gasteiger partial charge < -0.3 is 5.11 Å². The molecule has 1 aromatic rings. The number of halogens is 1. The number of aliphatic hydroxyl groups excluding tert-OH is 1. The van der Waals surface area contributed by atoms with Gasteiger partial charge in [-0.05, 0) is 42.7 Å². The Labute approximate surface area is 89.9 Å². The van der Waals surface area contributed by atoms with Crippen molar-refractivity contribution < 1.29 is 9.50 Å². The molecule has 0 spiro atoms. The minimum atomic E-state index is -0.388. The van der Waals surface area contributed by atoms with Crippen LogP contribution in [0.4, 0.5) is 4.39 Å². The normalized spacial score (nSPS) is 24.9. The second-order valence-electron chi connectivity index (χ2n) is 4.27. The van der Waals surface area contributed by atoms with Crippen molar-refractivity contribution in [3.8, 4) is 0 Å². The van der Waals surface area contributed by atoms with Gasteiger partial charge in [-0.15, -0.1) is 0 Å². The predicted octanol–water partition coefficient (Wildman–Crippen LogP) is 3.03. The zero-order chi connectivity index (χ0) is 10.7. The van der Waals surface area contributed by atoms with Crippen LogP contribution >= 0.6 is 0 Å². The minimum Gasteiger partial charge on any atom is -0.388 e. The molecule has 1 N–H and O–H groups in total. The Hall–Kier alpha value is -0.890. The van der Waals surface area contributed by atoms with Crippen LogP contribution in [-0.4, -0.2) is 11.8 Å². The van der Waals surface area contributed by atoms with Gasteiger partial charge in [-0.1, -0.05) is 24.3 Å². The maximum Gasteiger partial charge on any atom is 0.0894 e. The predicted molar refractivity (Wildman–Crippen MR) is 58.4 cm³/mol. The summed E-state index contributed by atoms with van der Waals surface area (Å²) < 4.78 is 12.1. The molecule has 0 radical (unpaired) electrons. The van der Waals surface area contributed by atoms with Crippen LogP contribution < -0.4 is 0 Å². The maximum absolute atomic E-state index is 12.1. The number of benzene rings is 1. The van der Waals surface area contributed by atoms with E-state index in [2.05, 4.69) is 6.07 Å². The minimum absolute atomic E-state index is 0.246. The monoisotopic (exact) mass is 208 g/mol. The lowest BCUT2D eigenvalue weighted by atomic mass is 9.79. The lowest BCUT2D eigenvalue weighted by Crippen LogP contribution is -2.20. The van der Waals surface area contributed by atoms with Gasteiger partial charge in [0.05, 0.1) is 12.8 Å². The Bertz CT molecular complexity index is 324. The van der Waals surface area contributed by atoms with Crippen LogP contribution in [0, 0.1) is 5.92 Å². The van der Waals surface area contributed by atoms with Gasteiger partial charge in [-0.2, -0.15) is 0 Å². The molecule has 15 heavy (non-hydrogen) atoms. The number of alkyl halides is 1. The van der Waals surface area contributed by atoms with E-state index in [1.807, 2.05) is 18.2 Å². The lowest BCUT2D eigenvalue weighted by molar-refractivity contribution is 0.0861. The first-order valence-electron chi connectivity index (χ1n) is 5.64. The van der Waals surface area contributed by atoms with E-state index in [9.17, 15) is 9.50 Å². The summed E-state index contributed by atoms with van der Waals surface area (Å²) in [7, 11) is 0. The summed E-state index contributed by atoms with van der Waals surface area (Å²) in [6.07, 6.45) is 2.99. The molecule has 1 aliphatic rings. The lowest BCUT2D eigenvalue weighted by Gasteiger charge is -2.29. The highest BCUT2D eigenvalue weighted by Crippen LogP contribution is 2.36. The summed E-state index contributed by atoms with van der Waals surface area (Å²) in [4.78, 5) is 0. The molecule has 0 aliphatic heterocycles. The van der Waals surface area contributed by atoms with Gasteiger partial charge in [0.2, 0.25) is 0 Å². The van der Waals surface area contributed by atoms with Crippen molar-refractivity contribution in [2.24, 2.45) is 5.92 Å². The molecule has 1 aliphatic carbocycles.